The molecule has 0 aromatic carbocycles. The van der Waals surface area contributed by atoms with Crippen molar-refractivity contribution in [2.75, 3.05) is 13.7 Å². The van der Waals surface area contributed by atoms with Crippen LogP contribution in [0.3, 0.4) is 0 Å². The van der Waals surface area contributed by atoms with E-state index >= 15 is 0 Å². The molecule has 0 bridgehead atoms. The predicted octanol–water partition coefficient (Wildman–Crippen LogP) is -0.767. The van der Waals surface area contributed by atoms with E-state index in [4.69, 9.17) is 16.2 Å². The van der Waals surface area contributed by atoms with E-state index in [2.05, 4.69) is 9.47 Å². The largest absolute Gasteiger partial charge is 0.469 e. The van der Waals surface area contributed by atoms with E-state index in [1.165, 1.54) is 7.11 Å². The van der Waals surface area contributed by atoms with E-state index in [9.17, 15) is 14.4 Å². The first-order chi connectivity index (χ1) is 9.77. The van der Waals surface area contributed by atoms with Crippen molar-refractivity contribution in [2.45, 2.75) is 50.3 Å². The molecule has 0 saturated heterocycles. The normalized spacial score (nSPS) is 19.0. The molecule has 1 saturated carbocycles. The fraction of sp³-hybridized carbons (Fsp3) is 0.769. The molecule has 8 heteroatoms. The lowest BCUT2D eigenvalue weighted by Gasteiger charge is -2.38. The summed E-state index contributed by atoms with van der Waals surface area (Å²) >= 11 is 0. The van der Waals surface area contributed by atoms with Gasteiger partial charge in [-0.1, -0.05) is 0 Å². The molecule has 2 atom stereocenters. The highest BCUT2D eigenvalue weighted by Crippen LogP contribution is 2.34. The summed E-state index contributed by atoms with van der Waals surface area (Å²) in [4.78, 5) is 34.1. The smallest absolute Gasteiger partial charge is 0.333 e. The zero-order valence-corrected chi connectivity index (χ0v) is 12.3. The molecule has 0 aromatic rings. The summed E-state index contributed by atoms with van der Waals surface area (Å²) in [5, 5.41) is 0. The van der Waals surface area contributed by atoms with Crippen LogP contribution in [0.1, 0.15) is 32.6 Å². The zero-order valence-electron chi connectivity index (χ0n) is 12.3. The quantitative estimate of drug-likeness (QED) is 0.463. The first-order valence-electron chi connectivity index (χ1n) is 6.75. The minimum atomic E-state index is -1.27. The van der Waals surface area contributed by atoms with E-state index in [0.29, 0.717) is 0 Å². The van der Waals surface area contributed by atoms with Crippen molar-refractivity contribution in [3.05, 3.63) is 0 Å². The summed E-state index contributed by atoms with van der Waals surface area (Å²) in [6, 6.07) is -2.34. The Hall–Kier alpha value is -1.51. The second-order valence-corrected chi connectivity index (χ2v) is 5.35. The molecule has 0 heterocycles. The van der Waals surface area contributed by atoms with E-state index < -0.39 is 30.0 Å². The molecule has 1 aliphatic carbocycles. The van der Waals surface area contributed by atoms with Gasteiger partial charge in [-0.2, -0.15) is 0 Å². The third kappa shape index (κ3) is 5.41. The van der Waals surface area contributed by atoms with Crippen LogP contribution in [-0.4, -0.2) is 49.3 Å². The Balaban J connectivity index is 2.33. The number of ether oxygens (including phenoxy) is 3. The molecule has 0 unspecified atom stereocenters. The van der Waals surface area contributed by atoms with Gasteiger partial charge in [-0.25, -0.2) is 9.59 Å². The molecule has 0 amide bonds. The molecule has 0 aliphatic heterocycles. The lowest BCUT2D eigenvalue weighted by atomic mass is 9.82. The first kappa shape index (κ1) is 17.5. The highest BCUT2D eigenvalue weighted by Gasteiger charge is 2.34. The number of methoxy groups -OCH3 is 1. The van der Waals surface area contributed by atoms with Crippen molar-refractivity contribution in [2.24, 2.45) is 11.5 Å². The molecule has 4 N–H and O–H groups in total. The van der Waals surface area contributed by atoms with Gasteiger partial charge >= 0.3 is 17.9 Å². The molecule has 0 aromatic heterocycles. The van der Waals surface area contributed by atoms with E-state index in [1.807, 2.05) is 6.92 Å². The Kier molecular flexibility index (Phi) is 6.25. The van der Waals surface area contributed by atoms with Gasteiger partial charge in [-0.05, 0) is 26.2 Å². The van der Waals surface area contributed by atoms with Gasteiger partial charge in [0.25, 0.3) is 0 Å². The van der Waals surface area contributed by atoms with Crippen LogP contribution in [-0.2, 0) is 28.6 Å². The van der Waals surface area contributed by atoms with Gasteiger partial charge in [-0.3, -0.25) is 4.79 Å². The molecular formula is C13H22N2O6. The van der Waals surface area contributed by atoms with E-state index in [-0.39, 0.29) is 18.6 Å². The van der Waals surface area contributed by atoms with Gasteiger partial charge in [0.1, 0.15) is 12.1 Å². The number of nitrogens with two attached hydrogens (primary N) is 2. The predicted molar refractivity (Wildman–Crippen MR) is 71.9 cm³/mol. The average molecular weight is 302 g/mol. The summed E-state index contributed by atoms with van der Waals surface area (Å²) in [6.07, 6.45) is 2.54. The molecule has 1 rings (SSSR count). The first-order valence-corrected chi connectivity index (χ1v) is 6.75. The standard InChI is InChI=1S/C13H22N2O6/c1-13(4-3-5-13)20-7-9(15)12(18)21-11(17)8(14)6-10(16)19-2/h8-9H,3-7,14-15H2,1-2H3/t8-,9-/m0/s1. The SMILES string of the molecule is COC(=O)C[C@H](N)C(=O)OC(=O)[C@@H](N)COC1(C)CCC1. The highest BCUT2D eigenvalue weighted by molar-refractivity contribution is 5.92. The van der Waals surface area contributed by atoms with Crippen molar-refractivity contribution < 1.29 is 28.6 Å². The lowest BCUT2D eigenvalue weighted by molar-refractivity contribution is -0.165. The maximum atomic E-state index is 11.6. The number of carbonyl (C=O) groups is 3. The second-order valence-electron chi connectivity index (χ2n) is 5.35. The highest BCUT2D eigenvalue weighted by atomic mass is 16.6. The summed E-state index contributed by atoms with van der Waals surface area (Å²) in [5.41, 5.74) is 10.8. The van der Waals surface area contributed by atoms with Crippen molar-refractivity contribution in [3.63, 3.8) is 0 Å². The van der Waals surface area contributed by atoms with Gasteiger partial charge in [0, 0.05) is 0 Å². The zero-order chi connectivity index (χ0) is 16.0. The van der Waals surface area contributed by atoms with Gasteiger partial charge < -0.3 is 25.7 Å². The molecule has 1 aliphatic rings. The van der Waals surface area contributed by atoms with Gasteiger partial charge in [-0.15, -0.1) is 0 Å². The Morgan fingerprint density at radius 1 is 1.14 bits per heavy atom. The summed E-state index contributed by atoms with van der Waals surface area (Å²) in [5.74, 6) is -2.61. The minimum absolute atomic E-state index is 0.0329. The van der Waals surface area contributed by atoms with Gasteiger partial charge in [0.15, 0.2) is 0 Å². The summed E-state index contributed by atoms with van der Waals surface area (Å²) in [6.45, 7) is 1.90. The van der Waals surface area contributed by atoms with Crippen molar-refractivity contribution in [1.82, 2.24) is 0 Å². The number of carbonyl (C=O) groups excluding carboxylic acids is 3. The summed E-state index contributed by atoms with van der Waals surface area (Å²) < 4.78 is 14.4. The maximum Gasteiger partial charge on any atom is 0.333 e. The van der Waals surface area contributed by atoms with Crippen LogP contribution in [0, 0.1) is 0 Å². The Morgan fingerprint density at radius 2 is 1.71 bits per heavy atom. The van der Waals surface area contributed by atoms with Crippen LogP contribution >= 0.6 is 0 Å². The molecule has 120 valence electrons. The Labute approximate surface area is 123 Å². The molecular weight excluding hydrogens is 280 g/mol. The number of rotatable bonds is 7. The van der Waals surface area contributed by atoms with Gasteiger partial charge in [0.2, 0.25) is 0 Å². The summed E-state index contributed by atoms with van der Waals surface area (Å²) in [7, 11) is 1.17. The van der Waals surface area contributed by atoms with Crippen molar-refractivity contribution in [1.29, 1.82) is 0 Å². The Bertz CT molecular complexity index is 407. The van der Waals surface area contributed by atoms with Crippen LogP contribution in [0.2, 0.25) is 0 Å². The number of hydrogen-bond donors (Lipinski definition) is 2. The van der Waals surface area contributed by atoms with E-state index in [1.54, 1.807) is 0 Å². The number of hydrogen-bond acceptors (Lipinski definition) is 8. The maximum absolute atomic E-state index is 11.6. The lowest BCUT2D eigenvalue weighted by Crippen LogP contribution is -2.45. The van der Waals surface area contributed by atoms with Crippen LogP contribution in [0.4, 0.5) is 0 Å². The molecule has 1 fully saturated rings. The van der Waals surface area contributed by atoms with Crippen molar-refractivity contribution in [3.8, 4) is 0 Å². The fourth-order valence-electron chi connectivity index (χ4n) is 1.77. The average Bonchev–Trinajstić information content (AvgIpc) is 2.41. The van der Waals surface area contributed by atoms with Crippen molar-refractivity contribution >= 4 is 17.9 Å². The molecule has 0 spiro atoms. The Morgan fingerprint density at radius 3 is 2.19 bits per heavy atom. The topological polar surface area (TPSA) is 131 Å². The monoisotopic (exact) mass is 302 g/mol. The molecule has 8 nitrogen and oxygen atoms in total. The molecule has 21 heavy (non-hydrogen) atoms. The van der Waals surface area contributed by atoms with Crippen LogP contribution in [0.15, 0.2) is 0 Å². The van der Waals surface area contributed by atoms with Crippen LogP contribution < -0.4 is 11.5 Å². The van der Waals surface area contributed by atoms with Crippen LogP contribution in [0.25, 0.3) is 0 Å². The van der Waals surface area contributed by atoms with E-state index in [0.717, 1.165) is 19.3 Å². The minimum Gasteiger partial charge on any atom is -0.469 e. The molecule has 0 radical (unpaired) electrons. The van der Waals surface area contributed by atoms with Crippen LogP contribution in [0.5, 0.6) is 0 Å². The third-order valence-electron chi connectivity index (χ3n) is 3.44. The fourth-order valence-corrected chi connectivity index (χ4v) is 1.77. The van der Waals surface area contributed by atoms with Gasteiger partial charge in [0.05, 0.1) is 25.7 Å². The number of esters is 3. The second kappa shape index (κ2) is 7.48. The third-order valence-corrected chi connectivity index (χ3v) is 3.44.